The van der Waals surface area contributed by atoms with Gasteiger partial charge in [0.05, 0.1) is 0 Å². The summed E-state index contributed by atoms with van der Waals surface area (Å²) in [5.41, 5.74) is 5.35. The zero-order chi connectivity index (χ0) is 8.97. The summed E-state index contributed by atoms with van der Waals surface area (Å²) in [6, 6.07) is 0. The molecule has 70 valence electrons. The van der Waals surface area contributed by atoms with Crippen molar-refractivity contribution in [3.63, 3.8) is 0 Å². The van der Waals surface area contributed by atoms with Crippen LogP contribution in [-0.2, 0) is 0 Å². The summed E-state index contributed by atoms with van der Waals surface area (Å²) in [5.74, 6) is 0.590. The Kier molecular flexibility index (Phi) is 3.34. The first-order valence-corrected chi connectivity index (χ1v) is 4.42. The van der Waals surface area contributed by atoms with Crippen molar-refractivity contribution in [2.75, 3.05) is 19.6 Å². The van der Waals surface area contributed by atoms with Gasteiger partial charge in [-0.15, -0.1) is 0 Å². The summed E-state index contributed by atoms with van der Waals surface area (Å²) in [6.07, 6.45) is 2.53. The lowest BCUT2D eigenvalue weighted by Crippen LogP contribution is -2.49. The van der Waals surface area contributed by atoms with Crippen LogP contribution in [0.15, 0.2) is 0 Å². The van der Waals surface area contributed by atoms with E-state index in [2.05, 4.69) is 0 Å². The Morgan fingerprint density at radius 3 is 2.67 bits per heavy atom. The van der Waals surface area contributed by atoms with Gasteiger partial charge in [0.1, 0.15) is 0 Å². The normalized spacial score (nSPS) is 17.6. The number of carboxylic acid groups (broad SMARTS) is 1. The quantitative estimate of drug-likeness (QED) is 0.614. The minimum Gasteiger partial charge on any atom is -0.465 e. The Bertz CT molecular complexity index is 155. The molecule has 0 atom stereocenters. The van der Waals surface area contributed by atoms with Gasteiger partial charge in [0.2, 0.25) is 0 Å². The van der Waals surface area contributed by atoms with Crippen LogP contribution in [0.25, 0.3) is 0 Å². The van der Waals surface area contributed by atoms with Gasteiger partial charge in [0, 0.05) is 13.1 Å². The average molecular weight is 172 g/mol. The highest BCUT2D eigenvalue weighted by Crippen LogP contribution is 2.20. The van der Waals surface area contributed by atoms with Crippen LogP contribution < -0.4 is 5.73 Å². The van der Waals surface area contributed by atoms with Crippen LogP contribution >= 0.6 is 0 Å². The molecule has 1 aliphatic rings. The van der Waals surface area contributed by atoms with Crippen molar-refractivity contribution in [1.29, 1.82) is 0 Å². The van der Waals surface area contributed by atoms with E-state index in [0.717, 1.165) is 38.9 Å². The minimum atomic E-state index is -0.787. The van der Waals surface area contributed by atoms with E-state index >= 15 is 0 Å². The van der Waals surface area contributed by atoms with Crippen LogP contribution in [0, 0.1) is 5.92 Å². The third-order valence-corrected chi connectivity index (χ3v) is 2.29. The molecule has 0 aliphatic carbocycles. The molecule has 0 aromatic heterocycles. The zero-order valence-electron chi connectivity index (χ0n) is 7.20. The van der Waals surface area contributed by atoms with Gasteiger partial charge in [0.25, 0.3) is 0 Å². The Balaban J connectivity index is 1.98. The maximum Gasteiger partial charge on any atom is 0.407 e. The molecular weight excluding hydrogens is 156 g/mol. The smallest absolute Gasteiger partial charge is 0.407 e. The van der Waals surface area contributed by atoms with Crippen molar-refractivity contribution < 1.29 is 9.90 Å². The number of nitrogens with zero attached hydrogens (tertiary/aromatic N) is 1. The fourth-order valence-electron chi connectivity index (χ4n) is 1.49. The number of rotatable bonds is 4. The number of carbonyl (C=O) groups is 1. The Morgan fingerprint density at radius 2 is 2.17 bits per heavy atom. The molecule has 3 N–H and O–H groups in total. The van der Waals surface area contributed by atoms with Crippen LogP contribution in [0.3, 0.4) is 0 Å². The summed E-state index contributed by atoms with van der Waals surface area (Å²) in [5, 5.41) is 8.53. The van der Waals surface area contributed by atoms with Gasteiger partial charge in [-0.2, -0.15) is 0 Å². The van der Waals surface area contributed by atoms with E-state index in [4.69, 9.17) is 10.8 Å². The van der Waals surface area contributed by atoms with Gasteiger partial charge in [-0.1, -0.05) is 6.42 Å². The van der Waals surface area contributed by atoms with Crippen molar-refractivity contribution in [2.24, 2.45) is 11.7 Å². The lowest BCUT2D eigenvalue weighted by molar-refractivity contribution is 0.0774. The van der Waals surface area contributed by atoms with Gasteiger partial charge >= 0.3 is 6.09 Å². The monoisotopic (exact) mass is 172 g/mol. The molecule has 0 aromatic carbocycles. The van der Waals surface area contributed by atoms with Gasteiger partial charge in [-0.05, 0) is 25.3 Å². The van der Waals surface area contributed by atoms with Crippen molar-refractivity contribution in [3.05, 3.63) is 0 Å². The Labute approximate surface area is 72.3 Å². The van der Waals surface area contributed by atoms with Gasteiger partial charge in [-0.25, -0.2) is 4.79 Å². The molecule has 4 nitrogen and oxygen atoms in total. The van der Waals surface area contributed by atoms with Gasteiger partial charge < -0.3 is 15.7 Å². The van der Waals surface area contributed by atoms with Gasteiger partial charge in [-0.3, -0.25) is 0 Å². The first-order valence-electron chi connectivity index (χ1n) is 4.42. The third-order valence-electron chi connectivity index (χ3n) is 2.29. The van der Waals surface area contributed by atoms with E-state index in [1.807, 2.05) is 0 Å². The molecule has 4 heteroatoms. The first-order chi connectivity index (χ1) is 5.74. The fraction of sp³-hybridized carbons (Fsp3) is 0.875. The van der Waals surface area contributed by atoms with Crippen molar-refractivity contribution >= 4 is 6.09 Å². The standard InChI is InChI=1S/C8H16N2O2/c9-4-2-1-3-7-5-10(6-7)8(11)12/h7H,1-6,9H2,(H,11,12). The minimum absolute atomic E-state index is 0.590. The predicted octanol–water partition coefficient (Wildman–Crippen LogP) is 0.725. The van der Waals surface area contributed by atoms with E-state index in [0.29, 0.717) is 5.92 Å². The fourth-order valence-corrected chi connectivity index (χ4v) is 1.49. The number of hydrogen-bond acceptors (Lipinski definition) is 2. The maximum atomic E-state index is 10.4. The second-order valence-corrected chi connectivity index (χ2v) is 3.34. The highest BCUT2D eigenvalue weighted by molar-refractivity contribution is 5.65. The number of hydrogen-bond donors (Lipinski definition) is 2. The molecule has 0 unspecified atom stereocenters. The van der Waals surface area contributed by atoms with E-state index in [9.17, 15) is 4.79 Å². The van der Waals surface area contributed by atoms with Crippen LogP contribution in [-0.4, -0.2) is 35.7 Å². The topological polar surface area (TPSA) is 66.6 Å². The molecule has 1 heterocycles. The molecule has 0 saturated carbocycles. The maximum absolute atomic E-state index is 10.4. The Hall–Kier alpha value is -0.770. The molecule has 0 aromatic rings. The molecular formula is C8H16N2O2. The number of unbranched alkanes of at least 4 members (excludes halogenated alkanes) is 1. The van der Waals surface area contributed by atoms with Crippen molar-refractivity contribution in [1.82, 2.24) is 4.90 Å². The highest BCUT2D eigenvalue weighted by Gasteiger charge is 2.29. The number of nitrogens with two attached hydrogens (primary N) is 1. The molecule has 0 bridgehead atoms. The van der Waals surface area contributed by atoms with Crippen molar-refractivity contribution in [2.45, 2.75) is 19.3 Å². The molecule has 1 rings (SSSR count). The second-order valence-electron chi connectivity index (χ2n) is 3.34. The predicted molar refractivity (Wildman–Crippen MR) is 46.0 cm³/mol. The lowest BCUT2D eigenvalue weighted by atomic mass is 9.94. The zero-order valence-corrected chi connectivity index (χ0v) is 7.20. The SMILES string of the molecule is NCCCCC1CN(C(=O)O)C1. The molecule has 12 heavy (non-hydrogen) atoms. The van der Waals surface area contributed by atoms with E-state index in [1.165, 1.54) is 4.90 Å². The van der Waals surface area contributed by atoms with Crippen molar-refractivity contribution in [3.8, 4) is 0 Å². The first kappa shape index (κ1) is 9.32. The Morgan fingerprint density at radius 1 is 1.50 bits per heavy atom. The van der Waals surface area contributed by atoms with Gasteiger partial charge in [0.15, 0.2) is 0 Å². The molecule has 1 amide bonds. The highest BCUT2D eigenvalue weighted by atomic mass is 16.4. The molecule has 0 radical (unpaired) electrons. The summed E-state index contributed by atoms with van der Waals surface area (Å²) in [7, 11) is 0. The summed E-state index contributed by atoms with van der Waals surface area (Å²) in [6.45, 7) is 2.19. The lowest BCUT2D eigenvalue weighted by Gasteiger charge is -2.37. The molecule has 1 saturated heterocycles. The molecule has 1 aliphatic heterocycles. The van der Waals surface area contributed by atoms with Crippen LogP contribution in [0.1, 0.15) is 19.3 Å². The average Bonchev–Trinajstić information content (AvgIpc) is 1.93. The molecule has 0 spiro atoms. The largest absolute Gasteiger partial charge is 0.465 e. The van der Waals surface area contributed by atoms with Crippen LogP contribution in [0.5, 0.6) is 0 Å². The van der Waals surface area contributed by atoms with E-state index in [-0.39, 0.29) is 0 Å². The van der Waals surface area contributed by atoms with E-state index < -0.39 is 6.09 Å². The van der Waals surface area contributed by atoms with Crippen LogP contribution in [0.4, 0.5) is 4.79 Å². The molecule has 1 fully saturated rings. The summed E-state index contributed by atoms with van der Waals surface area (Å²) >= 11 is 0. The van der Waals surface area contributed by atoms with E-state index in [1.54, 1.807) is 0 Å². The second kappa shape index (κ2) is 4.30. The summed E-state index contributed by atoms with van der Waals surface area (Å²) in [4.78, 5) is 11.8. The summed E-state index contributed by atoms with van der Waals surface area (Å²) < 4.78 is 0. The number of likely N-dealkylation sites (tertiary alicyclic amines) is 1. The number of amides is 1. The third kappa shape index (κ3) is 2.37. The van der Waals surface area contributed by atoms with Crippen LogP contribution in [0.2, 0.25) is 0 Å².